The monoisotopic (exact) mass is 232 g/mol. The molecular weight excluding hydrogens is 219 g/mol. The van der Waals surface area contributed by atoms with E-state index in [1.54, 1.807) is 26.4 Å². The van der Waals surface area contributed by atoms with Crippen LogP contribution in [0.5, 0.6) is 0 Å². The summed E-state index contributed by atoms with van der Waals surface area (Å²) < 4.78 is 13.6. The molecule has 2 aromatic heterocycles. The van der Waals surface area contributed by atoms with Crippen molar-refractivity contribution >= 4 is 5.82 Å². The van der Waals surface area contributed by atoms with E-state index in [9.17, 15) is 4.39 Å². The number of pyridine rings is 1. The van der Waals surface area contributed by atoms with Gasteiger partial charge >= 0.3 is 0 Å². The van der Waals surface area contributed by atoms with Gasteiger partial charge in [-0.3, -0.25) is 4.98 Å². The molecule has 0 radical (unpaired) electrons. The Labute approximate surface area is 99.0 Å². The quantitative estimate of drug-likeness (QED) is 0.863. The Morgan fingerprint density at radius 3 is 2.65 bits per heavy atom. The highest BCUT2D eigenvalue weighted by Crippen LogP contribution is 2.22. The predicted octanol–water partition coefficient (Wildman–Crippen LogP) is 2.34. The molecule has 88 valence electrons. The van der Waals surface area contributed by atoms with Crippen LogP contribution < -0.4 is 5.32 Å². The molecule has 2 aromatic rings. The number of halogens is 1. The smallest absolute Gasteiger partial charge is 0.186 e. The second-order valence-electron chi connectivity index (χ2n) is 3.74. The van der Waals surface area contributed by atoms with E-state index in [0.29, 0.717) is 11.5 Å². The van der Waals surface area contributed by atoms with Crippen LogP contribution in [0.4, 0.5) is 10.2 Å². The third kappa shape index (κ3) is 2.08. The van der Waals surface area contributed by atoms with Crippen molar-refractivity contribution in [1.29, 1.82) is 0 Å². The second-order valence-corrected chi connectivity index (χ2v) is 3.74. The molecule has 0 atom stereocenters. The maximum Gasteiger partial charge on any atom is 0.186 e. The Balaban J connectivity index is 2.61. The first-order chi connectivity index (χ1) is 8.13. The second kappa shape index (κ2) is 4.45. The Bertz CT molecular complexity index is 554. The van der Waals surface area contributed by atoms with Crippen molar-refractivity contribution < 1.29 is 4.39 Å². The number of hydrogen-bond acceptors (Lipinski definition) is 4. The summed E-state index contributed by atoms with van der Waals surface area (Å²) in [6.45, 7) is 3.54. The van der Waals surface area contributed by atoms with Crippen LogP contribution in [0.15, 0.2) is 18.5 Å². The van der Waals surface area contributed by atoms with Crippen LogP contribution in [-0.2, 0) is 0 Å². The van der Waals surface area contributed by atoms with Crippen molar-refractivity contribution in [2.75, 3.05) is 12.4 Å². The van der Waals surface area contributed by atoms with Gasteiger partial charge in [0, 0.05) is 25.0 Å². The molecule has 0 aliphatic rings. The third-order valence-corrected chi connectivity index (χ3v) is 2.51. The lowest BCUT2D eigenvalue weighted by Gasteiger charge is -2.08. The van der Waals surface area contributed by atoms with Gasteiger partial charge in [0.05, 0.1) is 5.69 Å². The van der Waals surface area contributed by atoms with E-state index in [2.05, 4.69) is 20.3 Å². The van der Waals surface area contributed by atoms with Crippen LogP contribution in [0.2, 0.25) is 0 Å². The minimum absolute atomic E-state index is 0.212. The van der Waals surface area contributed by atoms with Gasteiger partial charge < -0.3 is 5.32 Å². The largest absolute Gasteiger partial charge is 0.371 e. The molecule has 2 rings (SSSR count). The number of anilines is 1. The van der Waals surface area contributed by atoms with E-state index in [0.717, 1.165) is 11.1 Å². The van der Waals surface area contributed by atoms with E-state index in [1.165, 1.54) is 0 Å². The van der Waals surface area contributed by atoms with Crippen molar-refractivity contribution in [1.82, 2.24) is 15.0 Å². The average molecular weight is 232 g/mol. The molecule has 5 heteroatoms. The first kappa shape index (κ1) is 11.4. The topological polar surface area (TPSA) is 50.7 Å². The van der Waals surface area contributed by atoms with Crippen molar-refractivity contribution in [3.8, 4) is 11.4 Å². The Morgan fingerprint density at radius 2 is 2.00 bits per heavy atom. The zero-order valence-electron chi connectivity index (χ0n) is 9.95. The first-order valence-electron chi connectivity index (χ1n) is 5.26. The highest BCUT2D eigenvalue weighted by Gasteiger charge is 2.12. The van der Waals surface area contributed by atoms with Gasteiger partial charge in [0.1, 0.15) is 0 Å². The zero-order valence-corrected chi connectivity index (χ0v) is 9.95. The van der Waals surface area contributed by atoms with Gasteiger partial charge in [-0.05, 0) is 25.5 Å². The number of nitrogens with zero attached hydrogens (tertiary/aromatic N) is 3. The minimum atomic E-state index is -0.414. The lowest BCUT2D eigenvalue weighted by atomic mass is 10.1. The molecule has 2 heterocycles. The fourth-order valence-corrected chi connectivity index (χ4v) is 1.57. The van der Waals surface area contributed by atoms with Crippen molar-refractivity contribution in [2.24, 2.45) is 0 Å². The molecule has 0 aliphatic heterocycles. The van der Waals surface area contributed by atoms with E-state index >= 15 is 0 Å². The molecule has 0 saturated carbocycles. The maximum atomic E-state index is 13.6. The molecule has 0 aromatic carbocycles. The number of aromatic nitrogens is 3. The first-order valence-corrected chi connectivity index (χ1v) is 5.26. The average Bonchev–Trinajstić information content (AvgIpc) is 2.33. The van der Waals surface area contributed by atoms with Crippen molar-refractivity contribution in [2.45, 2.75) is 13.8 Å². The Morgan fingerprint density at radius 1 is 1.24 bits per heavy atom. The van der Waals surface area contributed by atoms with Gasteiger partial charge in [0.15, 0.2) is 17.5 Å². The molecule has 0 spiro atoms. The lowest BCUT2D eigenvalue weighted by molar-refractivity contribution is 0.607. The SMILES string of the molecule is CNc1nc(-c2ccncc2C)nc(C)c1F. The minimum Gasteiger partial charge on any atom is -0.371 e. The highest BCUT2D eigenvalue weighted by molar-refractivity contribution is 5.61. The molecule has 17 heavy (non-hydrogen) atoms. The van der Waals surface area contributed by atoms with Crippen molar-refractivity contribution in [3.05, 3.63) is 35.5 Å². The van der Waals surface area contributed by atoms with Crippen molar-refractivity contribution in [3.63, 3.8) is 0 Å². The number of aryl methyl sites for hydroxylation is 2. The van der Waals surface area contributed by atoms with Gasteiger partial charge in [-0.15, -0.1) is 0 Å². The van der Waals surface area contributed by atoms with E-state index in [4.69, 9.17) is 0 Å². The summed E-state index contributed by atoms with van der Waals surface area (Å²) in [5.74, 6) is 0.305. The number of nitrogens with one attached hydrogen (secondary N) is 1. The standard InChI is InChI=1S/C12H13FN4/c1-7-6-15-5-4-9(7)11-16-8(2)10(13)12(14-3)17-11/h4-6H,1-3H3,(H,14,16,17). The van der Waals surface area contributed by atoms with Crippen LogP contribution in [0.3, 0.4) is 0 Å². The van der Waals surface area contributed by atoms with Crippen LogP contribution in [0.1, 0.15) is 11.3 Å². The van der Waals surface area contributed by atoms with E-state index < -0.39 is 5.82 Å². The molecule has 4 nitrogen and oxygen atoms in total. The van der Waals surface area contributed by atoms with E-state index in [-0.39, 0.29) is 5.82 Å². The summed E-state index contributed by atoms with van der Waals surface area (Å²) in [7, 11) is 1.63. The van der Waals surface area contributed by atoms with Gasteiger partial charge in [-0.2, -0.15) is 0 Å². The fourth-order valence-electron chi connectivity index (χ4n) is 1.57. The molecule has 0 unspecified atom stereocenters. The van der Waals surface area contributed by atoms with Gasteiger partial charge in [0.2, 0.25) is 0 Å². The van der Waals surface area contributed by atoms with Crippen LogP contribution in [0, 0.1) is 19.7 Å². The fraction of sp³-hybridized carbons (Fsp3) is 0.250. The normalized spacial score (nSPS) is 10.4. The summed E-state index contributed by atoms with van der Waals surface area (Å²) in [5.41, 5.74) is 2.15. The number of rotatable bonds is 2. The summed E-state index contributed by atoms with van der Waals surface area (Å²) >= 11 is 0. The summed E-state index contributed by atoms with van der Waals surface area (Å²) in [6, 6.07) is 1.82. The molecule has 0 saturated heterocycles. The molecule has 0 bridgehead atoms. The third-order valence-electron chi connectivity index (χ3n) is 2.51. The summed E-state index contributed by atoms with van der Waals surface area (Å²) in [4.78, 5) is 12.3. The Hall–Kier alpha value is -2.04. The van der Waals surface area contributed by atoms with Gasteiger partial charge in [-0.25, -0.2) is 14.4 Å². The van der Waals surface area contributed by atoms with Crippen LogP contribution in [0.25, 0.3) is 11.4 Å². The number of hydrogen-bond donors (Lipinski definition) is 1. The van der Waals surface area contributed by atoms with Gasteiger partial charge in [-0.1, -0.05) is 0 Å². The Kier molecular flexibility index (Phi) is 2.99. The molecule has 0 fully saturated rings. The molecule has 0 aliphatic carbocycles. The molecular formula is C12H13FN4. The van der Waals surface area contributed by atoms with Crippen LogP contribution in [-0.4, -0.2) is 22.0 Å². The predicted molar refractivity (Wildman–Crippen MR) is 64.2 cm³/mol. The summed E-state index contributed by atoms with van der Waals surface area (Å²) in [6.07, 6.45) is 3.40. The zero-order chi connectivity index (χ0) is 12.4. The van der Waals surface area contributed by atoms with E-state index in [1.807, 2.05) is 13.0 Å². The van der Waals surface area contributed by atoms with Gasteiger partial charge in [0.25, 0.3) is 0 Å². The summed E-state index contributed by atoms with van der Waals surface area (Å²) in [5, 5.41) is 2.72. The maximum absolute atomic E-state index is 13.6. The molecule has 1 N–H and O–H groups in total. The molecule has 0 amide bonds. The van der Waals surface area contributed by atoms with Crippen LogP contribution >= 0.6 is 0 Å². The lowest BCUT2D eigenvalue weighted by Crippen LogP contribution is -2.04. The highest BCUT2D eigenvalue weighted by atomic mass is 19.1.